The third kappa shape index (κ3) is 3.90. The number of ether oxygens (including phenoxy) is 1. The first-order valence-electron chi connectivity index (χ1n) is 7.24. The third-order valence-corrected chi connectivity index (χ3v) is 6.02. The molecule has 4 nitrogen and oxygen atoms in total. The zero-order chi connectivity index (χ0) is 15.5. The maximum atomic E-state index is 11.8. The number of nitrogens with one attached hydrogen (secondary N) is 1. The highest BCUT2D eigenvalue weighted by atomic mass is 35.5. The van der Waals surface area contributed by atoms with Gasteiger partial charge in [0.25, 0.3) is 0 Å². The van der Waals surface area contributed by atoms with Crippen molar-refractivity contribution in [1.29, 1.82) is 0 Å². The summed E-state index contributed by atoms with van der Waals surface area (Å²) >= 11 is 6.36. The van der Waals surface area contributed by atoms with Crippen LogP contribution in [-0.2, 0) is 9.84 Å². The molecule has 0 radical (unpaired) electrons. The third-order valence-electron chi connectivity index (χ3n) is 3.90. The van der Waals surface area contributed by atoms with Gasteiger partial charge in [0.1, 0.15) is 5.75 Å². The van der Waals surface area contributed by atoms with E-state index in [0.29, 0.717) is 17.2 Å². The van der Waals surface area contributed by atoms with Crippen LogP contribution in [-0.4, -0.2) is 33.6 Å². The van der Waals surface area contributed by atoms with E-state index in [4.69, 9.17) is 16.3 Å². The molecule has 1 fully saturated rings. The van der Waals surface area contributed by atoms with Crippen LogP contribution >= 0.6 is 11.6 Å². The molecule has 2 rings (SSSR count). The second-order valence-corrected chi connectivity index (χ2v) is 8.09. The standard InChI is InChI=1S/C15H22ClNO3S/c1-3-8-17-15(11-7-9-21(18,19)10-11)14-12(16)5-4-6-13(14)20-2/h4-6,11,15,17H,3,7-10H2,1-2H3. The first-order chi connectivity index (χ1) is 9.98. The number of benzene rings is 1. The highest BCUT2D eigenvalue weighted by molar-refractivity contribution is 7.91. The number of rotatable bonds is 6. The first-order valence-corrected chi connectivity index (χ1v) is 9.44. The van der Waals surface area contributed by atoms with Gasteiger partial charge in [0, 0.05) is 16.6 Å². The summed E-state index contributed by atoms with van der Waals surface area (Å²) in [4.78, 5) is 0. The van der Waals surface area contributed by atoms with Crippen molar-refractivity contribution in [1.82, 2.24) is 5.32 Å². The Balaban J connectivity index is 2.37. The van der Waals surface area contributed by atoms with E-state index in [9.17, 15) is 8.42 Å². The Bertz CT molecular complexity index is 589. The van der Waals surface area contributed by atoms with Crippen molar-refractivity contribution in [3.63, 3.8) is 0 Å². The largest absolute Gasteiger partial charge is 0.496 e. The smallest absolute Gasteiger partial charge is 0.150 e. The Hall–Kier alpha value is -0.780. The topological polar surface area (TPSA) is 55.4 Å². The maximum Gasteiger partial charge on any atom is 0.150 e. The molecule has 1 N–H and O–H groups in total. The average Bonchev–Trinajstić information content (AvgIpc) is 2.80. The highest BCUT2D eigenvalue weighted by Crippen LogP contribution is 2.39. The molecule has 2 atom stereocenters. The quantitative estimate of drug-likeness (QED) is 0.871. The monoisotopic (exact) mass is 331 g/mol. The minimum atomic E-state index is -2.93. The Kier molecular flexibility index (Phi) is 5.52. The zero-order valence-corrected chi connectivity index (χ0v) is 14.0. The van der Waals surface area contributed by atoms with Crippen LogP contribution in [0.25, 0.3) is 0 Å². The Labute approximate surface area is 131 Å². The summed E-state index contributed by atoms with van der Waals surface area (Å²) in [6.45, 7) is 2.90. The van der Waals surface area contributed by atoms with Crippen molar-refractivity contribution in [2.24, 2.45) is 5.92 Å². The van der Waals surface area contributed by atoms with Crippen molar-refractivity contribution in [2.75, 3.05) is 25.2 Å². The molecular formula is C15H22ClNO3S. The van der Waals surface area contributed by atoms with E-state index in [0.717, 1.165) is 18.5 Å². The SMILES string of the molecule is CCCNC(c1c(Cl)cccc1OC)C1CCS(=O)(=O)C1. The van der Waals surface area contributed by atoms with Gasteiger partial charge in [0.2, 0.25) is 0 Å². The van der Waals surface area contributed by atoms with E-state index in [1.807, 2.05) is 18.2 Å². The van der Waals surface area contributed by atoms with Gasteiger partial charge in [-0.05, 0) is 37.4 Å². The number of hydrogen-bond donors (Lipinski definition) is 1. The maximum absolute atomic E-state index is 11.8. The van der Waals surface area contributed by atoms with Crippen molar-refractivity contribution in [3.05, 3.63) is 28.8 Å². The fraction of sp³-hybridized carbons (Fsp3) is 0.600. The summed E-state index contributed by atoms with van der Waals surface area (Å²) in [5.74, 6) is 1.22. The number of methoxy groups -OCH3 is 1. The minimum absolute atomic E-state index is 0.0374. The summed E-state index contributed by atoms with van der Waals surface area (Å²) in [6.07, 6.45) is 1.64. The van der Waals surface area contributed by atoms with Crippen LogP contribution in [0.3, 0.4) is 0 Å². The first kappa shape index (κ1) is 16.6. The van der Waals surface area contributed by atoms with Crippen molar-refractivity contribution < 1.29 is 13.2 Å². The lowest BCUT2D eigenvalue weighted by molar-refractivity contribution is 0.361. The highest BCUT2D eigenvalue weighted by Gasteiger charge is 2.36. The average molecular weight is 332 g/mol. The van der Waals surface area contributed by atoms with Gasteiger partial charge >= 0.3 is 0 Å². The van der Waals surface area contributed by atoms with Crippen LogP contribution in [0.1, 0.15) is 31.4 Å². The molecule has 0 saturated carbocycles. The van der Waals surface area contributed by atoms with Crippen molar-refractivity contribution in [2.45, 2.75) is 25.8 Å². The fourth-order valence-corrected chi connectivity index (χ4v) is 5.01. The van der Waals surface area contributed by atoms with Crippen LogP contribution in [0.5, 0.6) is 5.75 Å². The molecule has 2 unspecified atom stereocenters. The second kappa shape index (κ2) is 6.99. The van der Waals surface area contributed by atoms with Gasteiger partial charge in [-0.15, -0.1) is 0 Å². The van der Waals surface area contributed by atoms with Gasteiger partial charge in [0.05, 0.1) is 18.6 Å². The molecule has 1 aromatic rings. The van der Waals surface area contributed by atoms with Crippen LogP contribution < -0.4 is 10.1 Å². The molecular weight excluding hydrogens is 310 g/mol. The van der Waals surface area contributed by atoms with Crippen LogP contribution in [0.15, 0.2) is 18.2 Å². The molecule has 0 aliphatic carbocycles. The molecule has 118 valence electrons. The number of halogens is 1. The van der Waals surface area contributed by atoms with Crippen LogP contribution in [0.4, 0.5) is 0 Å². The molecule has 1 heterocycles. The van der Waals surface area contributed by atoms with Gasteiger partial charge < -0.3 is 10.1 Å². The lowest BCUT2D eigenvalue weighted by Gasteiger charge is -2.27. The molecule has 0 aromatic heterocycles. The van der Waals surface area contributed by atoms with E-state index in [-0.39, 0.29) is 23.5 Å². The summed E-state index contributed by atoms with van der Waals surface area (Å²) < 4.78 is 29.0. The lowest BCUT2D eigenvalue weighted by Crippen LogP contribution is -2.30. The molecule has 1 saturated heterocycles. The summed E-state index contributed by atoms with van der Waals surface area (Å²) in [5.41, 5.74) is 0.872. The Morgan fingerprint density at radius 1 is 1.48 bits per heavy atom. The predicted molar refractivity (Wildman–Crippen MR) is 85.8 cm³/mol. The summed E-state index contributed by atoms with van der Waals surface area (Å²) in [6, 6.07) is 5.44. The molecule has 1 aliphatic heterocycles. The number of sulfone groups is 1. The molecule has 0 amide bonds. The minimum Gasteiger partial charge on any atom is -0.496 e. The van der Waals surface area contributed by atoms with Crippen LogP contribution in [0.2, 0.25) is 5.02 Å². The molecule has 6 heteroatoms. The lowest BCUT2D eigenvalue weighted by atomic mass is 9.91. The van der Waals surface area contributed by atoms with Gasteiger partial charge in [-0.3, -0.25) is 0 Å². The van der Waals surface area contributed by atoms with E-state index in [2.05, 4.69) is 12.2 Å². The molecule has 1 aromatic carbocycles. The van der Waals surface area contributed by atoms with Gasteiger partial charge in [-0.1, -0.05) is 24.6 Å². The predicted octanol–water partition coefficient (Wildman–Crippen LogP) is 2.82. The van der Waals surface area contributed by atoms with E-state index < -0.39 is 9.84 Å². The van der Waals surface area contributed by atoms with Crippen molar-refractivity contribution >= 4 is 21.4 Å². The summed E-state index contributed by atoms with van der Waals surface area (Å²) in [7, 11) is -1.32. The fourth-order valence-electron chi connectivity index (χ4n) is 2.89. The Morgan fingerprint density at radius 2 is 2.24 bits per heavy atom. The van der Waals surface area contributed by atoms with Gasteiger partial charge in [-0.25, -0.2) is 8.42 Å². The molecule has 21 heavy (non-hydrogen) atoms. The molecule has 0 spiro atoms. The van der Waals surface area contributed by atoms with Crippen molar-refractivity contribution in [3.8, 4) is 5.75 Å². The van der Waals surface area contributed by atoms with E-state index in [1.165, 1.54) is 0 Å². The van der Waals surface area contributed by atoms with Gasteiger partial charge in [0.15, 0.2) is 9.84 Å². The van der Waals surface area contributed by atoms with E-state index in [1.54, 1.807) is 7.11 Å². The number of hydrogen-bond acceptors (Lipinski definition) is 4. The normalized spacial score (nSPS) is 22.1. The summed E-state index contributed by atoms with van der Waals surface area (Å²) in [5, 5.41) is 4.07. The van der Waals surface area contributed by atoms with Gasteiger partial charge in [-0.2, -0.15) is 0 Å². The van der Waals surface area contributed by atoms with E-state index >= 15 is 0 Å². The van der Waals surface area contributed by atoms with Crippen LogP contribution in [0, 0.1) is 5.92 Å². The molecule has 1 aliphatic rings. The zero-order valence-electron chi connectivity index (χ0n) is 12.4. The molecule has 0 bridgehead atoms. The Morgan fingerprint density at radius 3 is 2.81 bits per heavy atom. The second-order valence-electron chi connectivity index (χ2n) is 5.45.